The normalized spacial score (nSPS) is 19.7. The van der Waals surface area contributed by atoms with Crippen molar-refractivity contribution in [2.24, 2.45) is 5.10 Å². The Hall–Kier alpha value is -3.97. The van der Waals surface area contributed by atoms with Gasteiger partial charge in [-0.05, 0) is 54.3 Å². The zero-order chi connectivity index (χ0) is 24.5. The number of carbonyl (C=O) groups is 3. The van der Waals surface area contributed by atoms with Gasteiger partial charge >= 0.3 is 5.97 Å². The first-order chi connectivity index (χ1) is 16.9. The molecule has 0 spiro atoms. The summed E-state index contributed by atoms with van der Waals surface area (Å²) in [6, 6.07) is 21.8. The second-order valence-electron chi connectivity index (χ2n) is 8.52. The molecule has 5 rings (SSSR count). The molecule has 8 heteroatoms. The molecule has 1 unspecified atom stereocenters. The third kappa shape index (κ3) is 4.31. The molecule has 0 radical (unpaired) electrons. The average Bonchev–Trinajstić information content (AvgIpc) is 3.49. The molecule has 1 N–H and O–H groups in total. The van der Waals surface area contributed by atoms with Gasteiger partial charge in [0.15, 0.2) is 0 Å². The first kappa shape index (κ1) is 22.8. The first-order valence-electron chi connectivity index (χ1n) is 11.3. The van der Waals surface area contributed by atoms with Gasteiger partial charge in [0.25, 0.3) is 11.8 Å². The number of hydrogen-bond donors (Lipinski definition) is 1. The van der Waals surface area contributed by atoms with Gasteiger partial charge in [-0.15, -0.1) is 0 Å². The van der Waals surface area contributed by atoms with Crippen molar-refractivity contribution in [3.05, 3.63) is 101 Å². The summed E-state index contributed by atoms with van der Waals surface area (Å²) in [5, 5.41) is 16.1. The van der Waals surface area contributed by atoms with Crippen LogP contribution >= 0.6 is 11.6 Å². The average molecular weight is 488 g/mol. The number of benzene rings is 3. The van der Waals surface area contributed by atoms with Crippen LogP contribution in [-0.4, -0.2) is 39.5 Å². The van der Waals surface area contributed by atoms with E-state index in [0.717, 1.165) is 11.1 Å². The van der Waals surface area contributed by atoms with E-state index < -0.39 is 24.0 Å². The molecule has 2 aliphatic rings. The van der Waals surface area contributed by atoms with Crippen LogP contribution in [0.3, 0.4) is 0 Å². The Labute approximate surface area is 207 Å². The lowest BCUT2D eigenvalue weighted by Gasteiger charge is -2.29. The highest BCUT2D eigenvalue weighted by atomic mass is 35.5. The van der Waals surface area contributed by atoms with Crippen molar-refractivity contribution in [1.82, 2.24) is 4.90 Å². The fourth-order valence-electron chi connectivity index (χ4n) is 4.70. The van der Waals surface area contributed by atoms with Crippen LogP contribution in [-0.2, 0) is 9.59 Å². The maximum atomic E-state index is 13.5. The Bertz CT molecular complexity index is 1320. The molecule has 3 aromatic rings. The first-order valence-corrected chi connectivity index (χ1v) is 11.7. The number of hydrazone groups is 1. The Morgan fingerprint density at radius 2 is 1.60 bits per heavy atom. The molecule has 2 amide bonds. The standard InChI is InChI=1S/C27H22ClN3O4/c28-21-9-5-4-8-20(21)23-14-15-24(27(34)35)30(23)26(33)18-10-12-19(13-11-18)31-25(32)16-22(29-31)17-6-2-1-3-7-17/h1-13,23-24H,14-16H2,(H,34,35)/t23?,24-/m0/s1. The third-order valence-electron chi connectivity index (χ3n) is 6.41. The third-order valence-corrected chi connectivity index (χ3v) is 6.75. The van der Waals surface area contributed by atoms with E-state index in [9.17, 15) is 19.5 Å². The Balaban J connectivity index is 1.41. The van der Waals surface area contributed by atoms with Crippen molar-refractivity contribution >= 4 is 40.8 Å². The van der Waals surface area contributed by atoms with Crippen molar-refractivity contribution in [3.63, 3.8) is 0 Å². The lowest BCUT2D eigenvalue weighted by atomic mass is 10.0. The molecule has 0 bridgehead atoms. The molecule has 2 atom stereocenters. The number of rotatable bonds is 5. The Morgan fingerprint density at radius 3 is 2.29 bits per heavy atom. The van der Waals surface area contributed by atoms with Crippen LogP contribution in [0.1, 0.15) is 46.8 Å². The number of carbonyl (C=O) groups excluding carboxylic acids is 2. The SMILES string of the molecule is O=C(O)[C@@H]1CCC(c2ccccc2Cl)N1C(=O)c1ccc(N2N=C(c3ccccc3)CC2=O)cc1. The van der Waals surface area contributed by atoms with Crippen molar-refractivity contribution in [2.75, 3.05) is 5.01 Å². The maximum Gasteiger partial charge on any atom is 0.326 e. The lowest BCUT2D eigenvalue weighted by molar-refractivity contribution is -0.141. The van der Waals surface area contributed by atoms with Crippen LogP contribution in [0.4, 0.5) is 5.69 Å². The Kier molecular flexibility index (Phi) is 6.09. The van der Waals surface area contributed by atoms with E-state index in [2.05, 4.69) is 5.10 Å². The number of nitrogens with zero attached hydrogens (tertiary/aromatic N) is 3. The van der Waals surface area contributed by atoms with Crippen LogP contribution in [0.25, 0.3) is 0 Å². The number of hydrogen-bond acceptors (Lipinski definition) is 4. The van der Waals surface area contributed by atoms with E-state index in [1.807, 2.05) is 42.5 Å². The molecule has 0 aromatic heterocycles. The van der Waals surface area contributed by atoms with Crippen LogP contribution in [0, 0.1) is 0 Å². The molecule has 7 nitrogen and oxygen atoms in total. The highest BCUT2D eigenvalue weighted by Gasteiger charge is 2.42. The minimum absolute atomic E-state index is 0.160. The molecule has 1 saturated heterocycles. The van der Waals surface area contributed by atoms with Gasteiger partial charge in [-0.25, -0.2) is 9.80 Å². The van der Waals surface area contributed by atoms with E-state index in [-0.39, 0.29) is 12.3 Å². The zero-order valence-electron chi connectivity index (χ0n) is 18.7. The van der Waals surface area contributed by atoms with E-state index in [1.54, 1.807) is 36.4 Å². The molecule has 0 aliphatic carbocycles. The highest BCUT2D eigenvalue weighted by molar-refractivity contribution is 6.31. The summed E-state index contributed by atoms with van der Waals surface area (Å²) >= 11 is 6.38. The number of halogens is 1. The smallest absolute Gasteiger partial charge is 0.326 e. The number of anilines is 1. The summed E-state index contributed by atoms with van der Waals surface area (Å²) in [4.78, 5) is 39.4. The quantitative estimate of drug-likeness (QED) is 0.553. The van der Waals surface area contributed by atoms with Crippen molar-refractivity contribution in [3.8, 4) is 0 Å². The minimum atomic E-state index is -1.05. The van der Waals surface area contributed by atoms with Crippen LogP contribution in [0.5, 0.6) is 0 Å². The number of amides is 2. The molecule has 3 aromatic carbocycles. The molecular weight excluding hydrogens is 466 g/mol. The zero-order valence-corrected chi connectivity index (χ0v) is 19.4. The molecule has 2 aliphatic heterocycles. The van der Waals surface area contributed by atoms with Crippen molar-refractivity contribution < 1.29 is 19.5 Å². The van der Waals surface area contributed by atoms with Crippen LogP contribution < -0.4 is 5.01 Å². The van der Waals surface area contributed by atoms with Gasteiger partial charge in [-0.2, -0.15) is 5.10 Å². The predicted octanol–water partition coefficient (Wildman–Crippen LogP) is 4.91. The van der Waals surface area contributed by atoms with Gasteiger partial charge in [-0.3, -0.25) is 9.59 Å². The van der Waals surface area contributed by atoms with E-state index in [0.29, 0.717) is 34.8 Å². The van der Waals surface area contributed by atoms with Crippen LogP contribution in [0.15, 0.2) is 84.0 Å². The number of carboxylic acid groups (broad SMARTS) is 1. The van der Waals surface area contributed by atoms with E-state index in [1.165, 1.54) is 9.91 Å². The second kappa shape index (κ2) is 9.35. The number of likely N-dealkylation sites (tertiary alicyclic amines) is 1. The van der Waals surface area contributed by atoms with Gasteiger partial charge < -0.3 is 10.0 Å². The summed E-state index contributed by atoms with van der Waals surface area (Å²) in [6.45, 7) is 0. The second-order valence-corrected chi connectivity index (χ2v) is 8.93. The maximum absolute atomic E-state index is 13.5. The van der Waals surface area contributed by atoms with Gasteiger partial charge in [-0.1, -0.05) is 60.1 Å². The molecule has 176 valence electrons. The Morgan fingerprint density at radius 1 is 0.914 bits per heavy atom. The molecule has 0 saturated carbocycles. The summed E-state index contributed by atoms with van der Waals surface area (Å²) in [6.07, 6.45) is 1.04. The van der Waals surface area contributed by atoms with Crippen molar-refractivity contribution in [2.45, 2.75) is 31.3 Å². The fraction of sp³-hybridized carbons (Fsp3) is 0.185. The highest BCUT2D eigenvalue weighted by Crippen LogP contribution is 2.40. The van der Waals surface area contributed by atoms with E-state index >= 15 is 0 Å². The fourth-order valence-corrected chi connectivity index (χ4v) is 4.97. The summed E-state index contributed by atoms with van der Waals surface area (Å²) in [7, 11) is 0. The molecule has 1 fully saturated rings. The van der Waals surface area contributed by atoms with Gasteiger partial charge in [0.2, 0.25) is 0 Å². The number of aliphatic carboxylic acids is 1. The topological polar surface area (TPSA) is 90.3 Å². The molecule has 2 heterocycles. The summed E-state index contributed by atoms with van der Waals surface area (Å²) in [5.41, 5.74) is 3.16. The monoisotopic (exact) mass is 487 g/mol. The lowest BCUT2D eigenvalue weighted by Crippen LogP contribution is -2.41. The molecular formula is C27H22ClN3O4. The minimum Gasteiger partial charge on any atom is -0.480 e. The van der Waals surface area contributed by atoms with Crippen LogP contribution in [0.2, 0.25) is 5.02 Å². The van der Waals surface area contributed by atoms with Crippen molar-refractivity contribution in [1.29, 1.82) is 0 Å². The van der Waals surface area contributed by atoms with E-state index in [4.69, 9.17) is 11.6 Å². The number of carboxylic acids is 1. The van der Waals surface area contributed by atoms with Gasteiger partial charge in [0.05, 0.1) is 23.9 Å². The van der Waals surface area contributed by atoms with Gasteiger partial charge in [0.1, 0.15) is 6.04 Å². The summed E-state index contributed by atoms with van der Waals surface area (Å²) < 4.78 is 0. The predicted molar refractivity (Wildman–Crippen MR) is 133 cm³/mol. The largest absolute Gasteiger partial charge is 0.480 e. The summed E-state index contributed by atoms with van der Waals surface area (Å²) in [5.74, 6) is -1.60. The molecule has 35 heavy (non-hydrogen) atoms. The van der Waals surface area contributed by atoms with Gasteiger partial charge in [0, 0.05) is 10.6 Å².